The van der Waals surface area contributed by atoms with E-state index in [-0.39, 0.29) is 169 Å². The highest BCUT2D eigenvalue weighted by molar-refractivity contribution is 7.99. The van der Waals surface area contributed by atoms with Gasteiger partial charge in [-0.25, -0.2) is 35.1 Å². The number of hydrogen-bond acceptors (Lipinski definition) is 15. The van der Waals surface area contributed by atoms with Gasteiger partial charge in [-0.2, -0.15) is 0 Å². The summed E-state index contributed by atoms with van der Waals surface area (Å²) >= 11 is -0.159. The summed E-state index contributed by atoms with van der Waals surface area (Å²) in [7, 11) is 0. The monoisotopic (exact) mass is 1390 g/mol. The molecule has 0 fully saturated rings. The van der Waals surface area contributed by atoms with Crippen molar-refractivity contribution in [2.24, 2.45) is 72.7 Å². The molecule has 4 bridgehead atoms. The number of aliphatic imine (C=N–C) groups is 3. The molecule has 528 valence electrons. The van der Waals surface area contributed by atoms with Gasteiger partial charge in [0.05, 0.1) is 38.6 Å². The highest BCUT2D eigenvalue weighted by atomic mass is 32.2. The molecule has 0 aromatic heterocycles. The molecule has 5 rings (SSSR count). The van der Waals surface area contributed by atoms with E-state index in [1.54, 1.807) is 0 Å². The summed E-state index contributed by atoms with van der Waals surface area (Å²) in [5.41, 5.74) is 39.8. The molecule has 24 N–H and O–H groups in total. The van der Waals surface area contributed by atoms with Gasteiger partial charge in [0.1, 0.15) is 36.0 Å². The number of benzene rings is 2. The third-order valence-corrected chi connectivity index (χ3v) is 17.1. The van der Waals surface area contributed by atoms with Crippen LogP contribution in [0.5, 0.6) is 0 Å². The summed E-state index contributed by atoms with van der Waals surface area (Å²) in [5, 5.41) is 30.6. The zero-order chi connectivity index (χ0) is 71.4. The topological polar surface area (TPSA) is 502 Å². The normalized spacial score (nSPS) is 19.6. The third-order valence-electron chi connectivity index (χ3n) is 14.7. The standard InChI is InChI=1S/C58H85F8N19O8S2/c1-4-27-24-94-48-44(63)40(59)38(41(60)45(48)64)39-42(61)46(65)49(47(66)43(39)62)95-25-33(35(87)20-19-34(86)26(2)3)85-55(93)32(16-11-23-79-58(75)76)84-52(90)29(13-6-8-18-37(69)70)81-51(89)28(12-5-7-17-36(67)68)82-54(92)31(15-10-22-78-57(73)74)83-53(91)30(80-50(27)88)14-9-21-77-56(71)72/h26-33H,4-25H2,1-3H3,(H3,67,68)(H3,69,70)(H,80,88)(H,81,89)(H,82,92)(H,83,91)(H,84,90)(H,85,93)(H4,71,72,77)(H4,73,74,78)(H4,75,76,79). The van der Waals surface area contributed by atoms with Gasteiger partial charge in [-0.15, -0.1) is 23.5 Å². The number of Topliss-reactive ketones (excluding diaryl/α,β-unsaturated/α-hetero) is 2. The van der Waals surface area contributed by atoms with Crippen LogP contribution in [-0.2, 0) is 38.4 Å². The van der Waals surface area contributed by atoms with E-state index in [2.05, 4.69) is 46.9 Å². The van der Waals surface area contributed by atoms with E-state index in [0.717, 1.165) is 0 Å². The van der Waals surface area contributed by atoms with Gasteiger partial charge in [0.15, 0.2) is 70.2 Å². The molecule has 0 spiro atoms. The van der Waals surface area contributed by atoms with Gasteiger partial charge in [-0.05, 0) is 70.6 Å². The third kappa shape index (κ3) is 26.0. The minimum absolute atomic E-state index is 0.00125. The van der Waals surface area contributed by atoms with E-state index in [1.807, 2.05) is 0 Å². The Labute approximate surface area is 551 Å². The van der Waals surface area contributed by atoms with Crippen LogP contribution in [0.25, 0.3) is 11.1 Å². The van der Waals surface area contributed by atoms with Crippen LogP contribution in [0.3, 0.4) is 0 Å². The van der Waals surface area contributed by atoms with Gasteiger partial charge in [-0.1, -0.05) is 33.6 Å². The molecule has 95 heavy (non-hydrogen) atoms. The molecule has 2 aromatic carbocycles. The van der Waals surface area contributed by atoms with Crippen LogP contribution in [-0.4, -0.2) is 144 Å². The maximum Gasteiger partial charge on any atom is 0.243 e. The van der Waals surface area contributed by atoms with Crippen molar-refractivity contribution < 1.29 is 73.5 Å². The molecule has 2 aromatic rings. The number of halogens is 8. The highest BCUT2D eigenvalue weighted by Gasteiger charge is 2.38. The molecule has 7 atom stereocenters. The zero-order valence-electron chi connectivity index (χ0n) is 52.7. The van der Waals surface area contributed by atoms with Crippen LogP contribution in [0.4, 0.5) is 35.1 Å². The lowest BCUT2D eigenvalue weighted by Gasteiger charge is -2.28. The van der Waals surface area contributed by atoms with E-state index < -0.39 is 187 Å². The molecule has 0 saturated heterocycles. The van der Waals surface area contributed by atoms with Gasteiger partial charge < -0.3 is 77.8 Å². The molecule has 27 nitrogen and oxygen atoms in total. The van der Waals surface area contributed by atoms with Gasteiger partial charge in [0.25, 0.3) is 0 Å². The Morgan fingerprint density at radius 3 is 1.05 bits per heavy atom. The highest BCUT2D eigenvalue weighted by Crippen LogP contribution is 2.42. The molecular weight excluding hydrogens is 1310 g/mol. The molecule has 3 aliphatic rings. The number of nitrogens with one attached hydrogen (secondary N) is 8. The zero-order valence-corrected chi connectivity index (χ0v) is 54.4. The summed E-state index contributed by atoms with van der Waals surface area (Å²) in [6, 6.07) is -10.1. The van der Waals surface area contributed by atoms with Crippen molar-refractivity contribution in [1.82, 2.24) is 31.9 Å². The number of nitrogens with two attached hydrogens (primary N) is 8. The molecule has 6 amide bonds. The Balaban J connectivity index is 2.43. The summed E-state index contributed by atoms with van der Waals surface area (Å²) in [5.74, 6) is -32.7. The summed E-state index contributed by atoms with van der Waals surface area (Å²) in [6.07, 6.45) is -2.20. The van der Waals surface area contributed by atoms with Crippen LogP contribution in [0.2, 0.25) is 0 Å². The molecule has 0 radical (unpaired) electrons. The summed E-state index contributed by atoms with van der Waals surface area (Å²) < 4.78 is 129. The number of fused-ring (bicyclic) bond motifs is 2. The maximum atomic E-state index is 16.2. The van der Waals surface area contributed by atoms with Crippen LogP contribution in [0, 0.1) is 69.2 Å². The van der Waals surface area contributed by atoms with Crippen molar-refractivity contribution in [3.05, 3.63) is 46.5 Å². The SMILES string of the molecule is CCC1CSc2c(F)c(F)c(c(F)c2F)-c2c(F)c(F)c(c(F)c2F)SCC(C(=O)CCC(=O)C(C)C)NC(=O)C(CCCN=C(N)N)NC(=O)C(CCCCC(=N)N)NC(=O)C(CCCCC(=N)N)NC(=O)C(CCCN=C(N)N)NC(=O)C(CCCN=C(N)N)NC1=O. The lowest BCUT2D eigenvalue weighted by molar-refractivity contribution is -0.136. The summed E-state index contributed by atoms with van der Waals surface area (Å²) in [4.78, 5) is 123. The fourth-order valence-corrected chi connectivity index (χ4v) is 11.6. The number of nitrogens with zero attached hydrogens (tertiary/aromatic N) is 3. The second-order valence-electron chi connectivity index (χ2n) is 22.5. The van der Waals surface area contributed by atoms with Crippen molar-refractivity contribution in [3.63, 3.8) is 0 Å². The lowest BCUT2D eigenvalue weighted by atomic mass is 10.0. The number of carbonyl (C=O) groups excluding carboxylic acids is 8. The smallest absolute Gasteiger partial charge is 0.243 e. The molecule has 3 heterocycles. The number of amides is 6. The summed E-state index contributed by atoms with van der Waals surface area (Å²) in [6.45, 7) is 4.02. The largest absolute Gasteiger partial charge is 0.388 e. The van der Waals surface area contributed by atoms with Gasteiger partial charge >= 0.3 is 0 Å². The second kappa shape index (κ2) is 40.0. The van der Waals surface area contributed by atoms with Crippen molar-refractivity contribution in [2.75, 3.05) is 31.1 Å². The predicted octanol–water partition coefficient (Wildman–Crippen LogP) is 2.33. The van der Waals surface area contributed by atoms with Crippen LogP contribution < -0.4 is 77.8 Å². The van der Waals surface area contributed by atoms with Crippen LogP contribution in [0.15, 0.2) is 24.8 Å². The van der Waals surface area contributed by atoms with Gasteiger partial charge in [-0.3, -0.25) is 64.2 Å². The molecule has 3 aliphatic heterocycles. The van der Waals surface area contributed by atoms with Crippen LogP contribution >= 0.6 is 23.5 Å². The number of guanidine groups is 3. The average molecular weight is 1390 g/mol. The van der Waals surface area contributed by atoms with Crippen molar-refractivity contribution in [1.29, 1.82) is 10.8 Å². The number of carbonyl (C=O) groups is 8. The quantitative estimate of drug-likeness (QED) is 0.0191. The molecule has 0 saturated carbocycles. The first-order valence-corrected chi connectivity index (χ1v) is 32.4. The average Bonchev–Trinajstić information content (AvgIpc) is 0.749. The van der Waals surface area contributed by atoms with E-state index in [4.69, 9.17) is 56.7 Å². The van der Waals surface area contributed by atoms with E-state index >= 15 is 35.1 Å². The molecule has 0 aliphatic carbocycles. The maximum absolute atomic E-state index is 16.2. The first-order chi connectivity index (χ1) is 44.7. The van der Waals surface area contributed by atoms with Crippen molar-refractivity contribution >= 4 is 100 Å². The first-order valence-electron chi connectivity index (χ1n) is 30.4. The van der Waals surface area contributed by atoms with Gasteiger partial charge in [0, 0.05) is 68.7 Å². The fraction of sp³-hybridized carbons (Fsp3) is 0.569. The van der Waals surface area contributed by atoms with E-state index in [9.17, 15) is 38.4 Å². The number of hydrogen-bond donors (Lipinski definition) is 16. The minimum atomic E-state index is -2.57. The number of amidine groups is 2. The second-order valence-corrected chi connectivity index (χ2v) is 24.6. The van der Waals surface area contributed by atoms with E-state index in [0.29, 0.717) is 0 Å². The molecule has 7 unspecified atom stereocenters. The predicted molar refractivity (Wildman–Crippen MR) is 343 cm³/mol. The number of rotatable bonds is 28. The Morgan fingerprint density at radius 1 is 0.442 bits per heavy atom. The Kier molecular flexibility index (Phi) is 34.0. The molecular formula is C58H85F8N19O8S2. The first kappa shape index (κ1) is 80.7. The van der Waals surface area contributed by atoms with Crippen molar-refractivity contribution in [2.45, 2.75) is 176 Å². The Morgan fingerprint density at radius 2 is 0.747 bits per heavy atom. The van der Waals surface area contributed by atoms with Crippen LogP contribution in [0.1, 0.15) is 130 Å². The molecule has 37 heteroatoms. The van der Waals surface area contributed by atoms with Crippen molar-refractivity contribution in [3.8, 4) is 11.1 Å². The lowest BCUT2D eigenvalue weighted by Crippen LogP contribution is -2.59. The minimum Gasteiger partial charge on any atom is -0.388 e. The van der Waals surface area contributed by atoms with Gasteiger partial charge in [0.2, 0.25) is 35.4 Å². The van der Waals surface area contributed by atoms with E-state index in [1.165, 1.54) is 20.8 Å². The fourth-order valence-electron chi connectivity index (χ4n) is 9.40. The number of thioether (sulfide) groups is 2. The Bertz CT molecular complexity index is 3130. The number of ketones is 2. The Hall–Kier alpha value is -8.51. The number of unbranched alkanes of at least 4 members (excludes halogenated alkanes) is 2.